The number of benzene rings is 2. The van der Waals surface area contributed by atoms with Crippen LogP contribution in [0.25, 0.3) is 0 Å². The van der Waals surface area contributed by atoms with Crippen molar-refractivity contribution in [3.63, 3.8) is 0 Å². The predicted octanol–water partition coefficient (Wildman–Crippen LogP) is 3.11. The van der Waals surface area contributed by atoms with Crippen LogP contribution in [0.15, 0.2) is 65.5 Å². The van der Waals surface area contributed by atoms with E-state index in [1.165, 1.54) is 23.8 Å². The molecule has 0 bridgehead atoms. The third-order valence-electron chi connectivity index (χ3n) is 5.37. The van der Waals surface area contributed by atoms with Crippen molar-refractivity contribution in [2.24, 2.45) is 0 Å². The number of nitrogens with one attached hydrogen (secondary N) is 1. The summed E-state index contributed by atoms with van der Waals surface area (Å²) in [6.07, 6.45) is 1.09. The SMILES string of the molecule is CN(CCc1ccccc1)c1nc([C@H]2CC(=O)N(c3ccc(F)cc3)C2)cc(=O)[nH]1. The number of carbonyl (C=O) groups is 1. The van der Waals surface area contributed by atoms with Crippen LogP contribution in [0.1, 0.15) is 23.6 Å². The number of carbonyl (C=O) groups excluding carboxylic acids is 1. The summed E-state index contributed by atoms with van der Waals surface area (Å²) in [7, 11) is 1.88. The Morgan fingerprint density at radius 1 is 1.13 bits per heavy atom. The topological polar surface area (TPSA) is 69.3 Å². The molecule has 1 N–H and O–H groups in total. The van der Waals surface area contributed by atoms with Gasteiger partial charge in [0.1, 0.15) is 5.82 Å². The van der Waals surface area contributed by atoms with Gasteiger partial charge in [-0.1, -0.05) is 30.3 Å². The Morgan fingerprint density at radius 3 is 2.60 bits per heavy atom. The molecule has 1 amide bonds. The van der Waals surface area contributed by atoms with Gasteiger partial charge in [0, 0.05) is 44.2 Å². The van der Waals surface area contributed by atoms with E-state index in [1.54, 1.807) is 17.0 Å². The lowest BCUT2D eigenvalue weighted by atomic mass is 10.0. The largest absolute Gasteiger partial charge is 0.345 e. The van der Waals surface area contributed by atoms with Gasteiger partial charge < -0.3 is 9.80 Å². The minimum atomic E-state index is -0.346. The third-order valence-corrected chi connectivity index (χ3v) is 5.37. The normalized spacial score (nSPS) is 16.1. The van der Waals surface area contributed by atoms with Gasteiger partial charge in [-0.2, -0.15) is 0 Å². The number of amides is 1. The first-order valence-electron chi connectivity index (χ1n) is 9.92. The van der Waals surface area contributed by atoms with E-state index in [1.807, 2.05) is 30.1 Å². The number of likely N-dealkylation sites (N-methyl/N-ethyl adjacent to an activating group) is 1. The maximum Gasteiger partial charge on any atom is 0.252 e. The van der Waals surface area contributed by atoms with Gasteiger partial charge >= 0.3 is 0 Å². The highest BCUT2D eigenvalue weighted by Gasteiger charge is 2.33. The molecule has 1 aliphatic heterocycles. The summed E-state index contributed by atoms with van der Waals surface area (Å²) in [5, 5.41) is 0. The number of hydrogen-bond acceptors (Lipinski definition) is 4. The molecule has 154 valence electrons. The summed E-state index contributed by atoms with van der Waals surface area (Å²) in [5.74, 6) is -0.110. The van der Waals surface area contributed by atoms with E-state index >= 15 is 0 Å². The first-order chi connectivity index (χ1) is 14.5. The fraction of sp³-hybridized carbons (Fsp3) is 0.261. The van der Waals surface area contributed by atoms with Crippen molar-refractivity contribution in [1.29, 1.82) is 0 Å². The van der Waals surface area contributed by atoms with E-state index in [0.29, 0.717) is 30.4 Å². The van der Waals surface area contributed by atoms with Gasteiger partial charge in [-0.15, -0.1) is 0 Å². The molecule has 7 heteroatoms. The average molecular weight is 406 g/mol. The van der Waals surface area contributed by atoms with Crippen LogP contribution in [-0.4, -0.2) is 36.0 Å². The van der Waals surface area contributed by atoms with Crippen LogP contribution in [0.2, 0.25) is 0 Å². The maximum atomic E-state index is 13.2. The molecule has 0 spiro atoms. The van der Waals surface area contributed by atoms with Crippen LogP contribution in [0, 0.1) is 5.82 Å². The smallest absolute Gasteiger partial charge is 0.252 e. The molecule has 0 unspecified atom stereocenters. The molecular formula is C23H23FN4O2. The standard InChI is InChI=1S/C23H23FN4O2/c1-27(12-11-16-5-3-2-4-6-16)23-25-20(14-21(29)26-23)17-13-22(30)28(15-17)19-9-7-18(24)8-10-19/h2-10,14,17H,11-13,15H2,1H3,(H,25,26,29)/t17-/m0/s1. The van der Waals surface area contributed by atoms with Crippen molar-refractivity contribution < 1.29 is 9.18 Å². The van der Waals surface area contributed by atoms with Gasteiger partial charge in [-0.25, -0.2) is 9.37 Å². The van der Waals surface area contributed by atoms with Crippen LogP contribution < -0.4 is 15.4 Å². The molecule has 0 aliphatic carbocycles. The first kappa shape index (κ1) is 19.8. The van der Waals surface area contributed by atoms with Crippen molar-refractivity contribution in [2.75, 3.05) is 29.9 Å². The van der Waals surface area contributed by atoms with Crippen molar-refractivity contribution in [3.05, 3.63) is 88.1 Å². The summed E-state index contributed by atoms with van der Waals surface area (Å²) in [5.41, 5.74) is 2.21. The van der Waals surface area contributed by atoms with Crippen LogP contribution in [0.3, 0.4) is 0 Å². The minimum Gasteiger partial charge on any atom is -0.345 e. The van der Waals surface area contributed by atoms with E-state index in [-0.39, 0.29) is 29.6 Å². The first-order valence-corrected chi connectivity index (χ1v) is 9.92. The molecule has 1 saturated heterocycles. The maximum absolute atomic E-state index is 13.2. The van der Waals surface area contributed by atoms with Gasteiger partial charge in [0.15, 0.2) is 0 Å². The number of aromatic nitrogens is 2. The molecule has 6 nitrogen and oxygen atoms in total. The van der Waals surface area contributed by atoms with Crippen molar-refractivity contribution in [3.8, 4) is 0 Å². The number of H-pyrrole nitrogens is 1. The Morgan fingerprint density at radius 2 is 1.87 bits per heavy atom. The van der Waals surface area contributed by atoms with Crippen molar-refractivity contribution in [2.45, 2.75) is 18.8 Å². The summed E-state index contributed by atoms with van der Waals surface area (Å²) in [4.78, 5) is 35.7. The second-order valence-corrected chi connectivity index (χ2v) is 7.53. The van der Waals surface area contributed by atoms with Crippen LogP contribution >= 0.6 is 0 Å². The third kappa shape index (κ3) is 4.40. The minimum absolute atomic E-state index is 0.0623. The van der Waals surface area contributed by atoms with E-state index in [0.717, 1.165) is 6.42 Å². The molecule has 0 saturated carbocycles. The van der Waals surface area contributed by atoms with E-state index < -0.39 is 0 Å². The second-order valence-electron chi connectivity index (χ2n) is 7.53. The summed E-state index contributed by atoms with van der Waals surface area (Å²) in [6, 6.07) is 17.4. The lowest BCUT2D eigenvalue weighted by Gasteiger charge is -2.20. The molecule has 0 radical (unpaired) electrons. The van der Waals surface area contributed by atoms with Gasteiger partial charge in [-0.05, 0) is 36.2 Å². The molecule has 2 aromatic carbocycles. The summed E-state index contributed by atoms with van der Waals surface area (Å²) in [6.45, 7) is 1.11. The number of rotatable bonds is 6. The van der Waals surface area contributed by atoms with Gasteiger partial charge in [0.25, 0.3) is 5.56 Å². The number of anilines is 2. The molecule has 1 aromatic heterocycles. The Hall–Kier alpha value is -3.48. The van der Waals surface area contributed by atoms with E-state index in [2.05, 4.69) is 22.1 Å². The number of halogens is 1. The molecule has 2 heterocycles. The Bertz CT molecular complexity index is 1080. The molecular weight excluding hydrogens is 383 g/mol. The predicted molar refractivity (Wildman–Crippen MR) is 114 cm³/mol. The zero-order valence-electron chi connectivity index (χ0n) is 16.7. The second kappa shape index (κ2) is 8.49. The highest BCUT2D eigenvalue weighted by atomic mass is 19.1. The van der Waals surface area contributed by atoms with Crippen LogP contribution in [0.5, 0.6) is 0 Å². The van der Waals surface area contributed by atoms with Crippen LogP contribution in [0.4, 0.5) is 16.0 Å². The lowest BCUT2D eigenvalue weighted by molar-refractivity contribution is -0.117. The van der Waals surface area contributed by atoms with Gasteiger partial charge in [0.05, 0.1) is 5.69 Å². The van der Waals surface area contributed by atoms with E-state index in [4.69, 9.17) is 0 Å². The fourth-order valence-corrected chi connectivity index (χ4v) is 3.68. The molecule has 4 rings (SSSR count). The zero-order chi connectivity index (χ0) is 21.1. The fourth-order valence-electron chi connectivity index (χ4n) is 3.68. The quantitative estimate of drug-likeness (QED) is 0.683. The molecule has 1 atom stereocenters. The summed E-state index contributed by atoms with van der Waals surface area (Å²) >= 11 is 0. The lowest BCUT2D eigenvalue weighted by Crippen LogP contribution is -2.27. The number of nitrogens with zero attached hydrogens (tertiary/aromatic N) is 3. The molecule has 30 heavy (non-hydrogen) atoms. The highest BCUT2D eigenvalue weighted by Crippen LogP contribution is 2.31. The Labute approximate surface area is 174 Å². The Kier molecular flexibility index (Phi) is 5.61. The number of aromatic amines is 1. The Balaban J connectivity index is 1.49. The van der Waals surface area contributed by atoms with Crippen LogP contribution in [-0.2, 0) is 11.2 Å². The van der Waals surface area contributed by atoms with Crippen molar-refractivity contribution >= 4 is 17.5 Å². The summed E-state index contributed by atoms with van der Waals surface area (Å²) < 4.78 is 13.2. The molecule has 3 aromatic rings. The monoisotopic (exact) mass is 406 g/mol. The van der Waals surface area contributed by atoms with Gasteiger partial charge in [0.2, 0.25) is 11.9 Å². The number of hydrogen-bond donors (Lipinski definition) is 1. The molecule has 1 fully saturated rings. The highest BCUT2D eigenvalue weighted by molar-refractivity contribution is 5.96. The molecule has 1 aliphatic rings. The van der Waals surface area contributed by atoms with Gasteiger partial charge in [-0.3, -0.25) is 14.6 Å². The zero-order valence-corrected chi connectivity index (χ0v) is 16.7. The average Bonchev–Trinajstić information content (AvgIpc) is 3.14. The van der Waals surface area contributed by atoms with E-state index in [9.17, 15) is 14.0 Å². The van der Waals surface area contributed by atoms with Crippen molar-refractivity contribution in [1.82, 2.24) is 9.97 Å².